The minimum absolute atomic E-state index is 0.0130. The molecule has 0 fully saturated rings. The number of nitrogens with one attached hydrogen (secondary N) is 2. The third-order valence-corrected chi connectivity index (χ3v) is 4.78. The molecule has 1 heterocycles. The summed E-state index contributed by atoms with van der Waals surface area (Å²) in [5.74, 6) is 0.367. The third kappa shape index (κ3) is 5.69. The van der Waals surface area contributed by atoms with Crippen molar-refractivity contribution < 1.29 is 14.0 Å². The second-order valence-corrected chi connectivity index (χ2v) is 6.94. The van der Waals surface area contributed by atoms with Crippen LogP contribution in [0.15, 0.2) is 53.1 Å². The van der Waals surface area contributed by atoms with Crippen molar-refractivity contribution in [2.75, 3.05) is 20.6 Å². The molecule has 1 aromatic heterocycles. The highest BCUT2D eigenvalue weighted by Gasteiger charge is 2.27. The van der Waals surface area contributed by atoms with Gasteiger partial charge in [0.2, 0.25) is 5.91 Å². The van der Waals surface area contributed by atoms with Crippen molar-refractivity contribution in [3.05, 3.63) is 60.1 Å². The van der Waals surface area contributed by atoms with Gasteiger partial charge in [-0.25, -0.2) is 0 Å². The Morgan fingerprint density at radius 2 is 1.81 bits per heavy atom. The van der Waals surface area contributed by atoms with E-state index in [2.05, 4.69) is 10.6 Å². The van der Waals surface area contributed by atoms with E-state index in [-0.39, 0.29) is 23.8 Å². The molecule has 0 saturated carbocycles. The lowest BCUT2D eigenvalue weighted by atomic mass is 9.97. The summed E-state index contributed by atoms with van der Waals surface area (Å²) in [6.07, 6.45) is 2.40. The Morgan fingerprint density at radius 1 is 1.11 bits per heavy atom. The Hall–Kier alpha value is -2.60. The number of hydrogen-bond donors (Lipinski definition) is 2. The number of amides is 2. The minimum atomic E-state index is -0.595. The van der Waals surface area contributed by atoms with E-state index >= 15 is 0 Å². The Bertz CT molecular complexity index is 714. The highest BCUT2D eigenvalue weighted by molar-refractivity contribution is 5.97. The summed E-state index contributed by atoms with van der Waals surface area (Å²) < 4.78 is 5.48. The molecule has 6 nitrogen and oxygen atoms in total. The van der Waals surface area contributed by atoms with Crippen LogP contribution in [0.4, 0.5) is 0 Å². The highest BCUT2D eigenvalue weighted by Crippen LogP contribution is 2.18. The Labute approximate surface area is 160 Å². The topological polar surface area (TPSA) is 74.6 Å². The van der Waals surface area contributed by atoms with Gasteiger partial charge < -0.3 is 15.1 Å². The van der Waals surface area contributed by atoms with E-state index < -0.39 is 6.04 Å². The van der Waals surface area contributed by atoms with E-state index in [9.17, 15) is 9.59 Å². The van der Waals surface area contributed by atoms with Gasteiger partial charge in [-0.05, 0) is 44.3 Å². The van der Waals surface area contributed by atoms with E-state index in [0.29, 0.717) is 12.1 Å². The average molecular weight is 371 g/mol. The first-order valence-electron chi connectivity index (χ1n) is 9.27. The van der Waals surface area contributed by atoms with E-state index in [1.54, 1.807) is 30.5 Å². The molecule has 27 heavy (non-hydrogen) atoms. The molecule has 3 unspecified atom stereocenters. The van der Waals surface area contributed by atoms with Gasteiger partial charge in [-0.2, -0.15) is 0 Å². The van der Waals surface area contributed by atoms with Crippen molar-refractivity contribution in [3.8, 4) is 0 Å². The number of hydrogen-bond acceptors (Lipinski definition) is 4. The molecule has 1 aromatic carbocycles. The number of likely N-dealkylation sites (N-methyl/N-ethyl adjacent to an activating group) is 1. The highest BCUT2D eigenvalue weighted by atomic mass is 16.3. The summed E-state index contributed by atoms with van der Waals surface area (Å²) in [6, 6.07) is 12.0. The number of furan rings is 1. The molecule has 6 heteroatoms. The summed E-state index contributed by atoms with van der Waals surface area (Å²) in [5, 5.41) is 5.85. The lowest BCUT2D eigenvalue weighted by molar-refractivity contribution is -0.124. The van der Waals surface area contributed by atoms with Crippen molar-refractivity contribution in [1.82, 2.24) is 15.5 Å². The van der Waals surface area contributed by atoms with Crippen LogP contribution in [-0.4, -0.2) is 43.4 Å². The molecular formula is C21H29N3O3. The van der Waals surface area contributed by atoms with E-state index in [1.165, 1.54) is 0 Å². The lowest BCUT2D eigenvalue weighted by Crippen LogP contribution is -2.51. The van der Waals surface area contributed by atoms with Crippen LogP contribution in [0, 0.1) is 5.92 Å². The first kappa shape index (κ1) is 20.7. The van der Waals surface area contributed by atoms with E-state index in [1.807, 2.05) is 51.0 Å². The third-order valence-electron chi connectivity index (χ3n) is 4.78. The molecular weight excluding hydrogens is 342 g/mol. The number of benzene rings is 1. The summed E-state index contributed by atoms with van der Waals surface area (Å²) in [6.45, 7) is 4.37. The largest absolute Gasteiger partial charge is 0.468 e. The molecule has 2 amide bonds. The van der Waals surface area contributed by atoms with Gasteiger partial charge in [-0.1, -0.05) is 38.5 Å². The first-order valence-corrected chi connectivity index (χ1v) is 9.27. The van der Waals surface area contributed by atoms with Gasteiger partial charge in [0, 0.05) is 12.1 Å². The fraction of sp³-hybridized carbons (Fsp3) is 0.429. The Kier molecular flexibility index (Phi) is 7.61. The van der Waals surface area contributed by atoms with Crippen LogP contribution in [0.3, 0.4) is 0 Å². The maximum atomic E-state index is 12.8. The molecule has 0 saturated heterocycles. The van der Waals surface area contributed by atoms with Crippen LogP contribution >= 0.6 is 0 Å². The predicted molar refractivity (Wildman–Crippen MR) is 105 cm³/mol. The SMILES string of the molecule is CCC(C)C(NC(=O)c1ccccc1)C(=O)NCC(c1ccco1)N(C)C. The van der Waals surface area contributed by atoms with E-state index in [4.69, 9.17) is 4.42 Å². The van der Waals surface area contributed by atoms with Gasteiger partial charge in [-0.15, -0.1) is 0 Å². The first-order chi connectivity index (χ1) is 12.9. The zero-order chi connectivity index (χ0) is 19.8. The van der Waals surface area contributed by atoms with E-state index in [0.717, 1.165) is 12.2 Å². The van der Waals surface area contributed by atoms with Gasteiger partial charge in [0.1, 0.15) is 11.8 Å². The number of carbonyl (C=O) groups is 2. The molecule has 0 radical (unpaired) electrons. The second-order valence-electron chi connectivity index (χ2n) is 6.94. The van der Waals surface area contributed by atoms with Crippen molar-refractivity contribution in [2.24, 2.45) is 5.92 Å². The van der Waals surface area contributed by atoms with Crippen molar-refractivity contribution in [3.63, 3.8) is 0 Å². The van der Waals surface area contributed by atoms with Crippen LogP contribution in [0.5, 0.6) is 0 Å². The van der Waals surface area contributed by atoms with Crippen LogP contribution in [0.25, 0.3) is 0 Å². The minimum Gasteiger partial charge on any atom is -0.468 e. The zero-order valence-corrected chi connectivity index (χ0v) is 16.4. The fourth-order valence-electron chi connectivity index (χ4n) is 2.84. The summed E-state index contributed by atoms with van der Waals surface area (Å²) in [4.78, 5) is 27.3. The van der Waals surface area contributed by atoms with Crippen LogP contribution in [0.2, 0.25) is 0 Å². The average Bonchev–Trinajstić information content (AvgIpc) is 3.20. The monoisotopic (exact) mass is 371 g/mol. The normalized spacial score (nSPS) is 14.4. The number of carbonyl (C=O) groups excluding carboxylic acids is 2. The molecule has 2 aromatic rings. The van der Waals surface area contributed by atoms with Crippen molar-refractivity contribution in [2.45, 2.75) is 32.4 Å². The van der Waals surface area contributed by atoms with Gasteiger partial charge >= 0.3 is 0 Å². The molecule has 0 aliphatic heterocycles. The second kappa shape index (κ2) is 9.92. The lowest BCUT2D eigenvalue weighted by Gasteiger charge is -2.27. The number of rotatable bonds is 9. The molecule has 0 aliphatic carbocycles. The van der Waals surface area contributed by atoms with Crippen LogP contribution in [-0.2, 0) is 4.79 Å². The standard InChI is InChI=1S/C21H29N3O3/c1-5-15(2)19(23-20(25)16-10-7-6-8-11-16)21(26)22-14-17(24(3)4)18-12-9-13-27-18/h6-13,15,17,19H,5,14H2,1-4H3,(H,22,26)(H,23,25). The molecule has 146 valence electrons. The van der Waals surface area contributed by atoms with Crippen LogP contribution in [0.1, 0.15) is 42.4 Å². The van der Waals surface area contributed by atoms with Crippen molar-refractivity contribution in [1.29, 1.82) is 0 Å². The molecule has 2 N–H and O–H groups in total. The molecule has 3 atom stereocenters. The smallest absolute Gasteiger partial charge is 0.251 e. The van der Waals surface area contributed by atoms with Gasteiger partial charge in [-0.3, -0.25) is 14.5 Å². The maximum Gasteiger partial charge on any atom is 0.251 e. The summed E-state index contributed by atoms with van der Waals surface area (Å²) >= 11 is 0. The number of nitrogens with zero attached hydrogens (tertiary/aromatic N) is 1. The van der Waals surface area contributed by atoms with Gasteiger partial charge in [0.05, 0.1) is 12.3 Å². The van der Waals surface area contributed by atoms with Crippen LogP contribution < -0.4 is 10.6 Å². The summed E-state index contributed by atoms with van der Waals surface area (Å²) in [5.41, 5.74) is 0.542. The molecule has 0 bridgehead atoms. The summed E-state index contributed by atoms with van der Waals surface area (Å²) in [7, 11) is 3.87. The molecule has 2 rings (SSSR count). The molecule has 0 aliphatic rings. The maximum absolute atomic E-state index is 12.8. The zero-order valence-electron chi connectivity index (χ0n) is 16.4. The van der Waals surface area contributed by atoms with Crippen molar-refractivity contribution >= 4 is 11.8 Å². The molecule has 0 spiro atoms. The quantitative estimate of drug-likeness (QED) is 0.711. The fourth-order valence-corrected chi connectivity index (χ4v) is 2.84. The Morgan fingerprint density at radius 3 is 2.37 bits per heavy atom. The Balaban J connectivity index is 2.05. The van der Waals surface area contributed by atoms with Gasteiger partial charge in [0.25, 0.3) is 5.91 Å². The predicted octanol–water partition coefficient (Wildman–Crippen LogP) is 2.84. The van der Waals surface area contributed by atoms with Gasteiger partial charge in [0.15, 0.2) is 0 Å².